The Balaban J connectivity index is 2.13. The molecule has 0 bridgehead atoms. The molecule has 0 aromatic rings. The van der Waals surface area contributed by atoms with Crippen molar-refractivity contribution >= 4 is 11.5 Å². The van der Waals surface area contributed by atoms with Gasteiger partial charge in [0.1, 0.15) is 12.4 Å². The lowest BCUT2D eigenvalue weighted by Crippen LogP contribution is -2.29. The molecule has 0 heterocycles. The Hall–Kier alpha value is -1.32. The zero-order valence-electron chi connectivity index (χ0n) is 15.4. The minimum Gasteiger partial charge on any atom is -0.511 e. The number of hydrogen-bond donors (Lipinski definition) is 1. The first kappa shape index (κ1) is 19.0. The molecule has 1 fully saturated rings. The van der Waals surface area contributed by atoms with Gasteiger partial charge in [0.15, 0.2) is 5.78 Å². The molecule has 0 amide bonds. The number of aliphatic hydroxyl groups excluding tert-OH is 1. The summed E-state index contributed by atoms with van der Waals surface area (Å²) in [5, 5.41) is 14.7. The SMILES string of the molecule is CCC/C(=N\OCC)C1=C(O)CC(C2CCCCCCC2)CC1=O. The van der Waals surface area contributed by atoms with Gasteiger partial charge < -0.3 is 9.94 Å². The van der Waals surface area contributed by atoms with Crippen LogP contribution in [0.2, 0.25) is 0 Å². The van der Waals surface area contributed by atoms with E-state index in [0.717, 1.165) is 6.42 Å². The molecule has 0 aliphatic heterocycles. The molecule has 136 valence electrons. The van der Waals surface area contributed by atoms with Crippen molar-refractivity contribution in [2.45, 2.75) is 84.5 Å². The minimum absolute atomic E-state index is 0.0534. The van der Waals surface area contributed by atoms with E-state index < -0.39 is 0 Å². The van der Waals surface area contributed by atoms with Crippen LogP contribution in [0.4, 0.5) is 0 Å². The van der Waals surface area contributed by atoms with Crippen LogP contribution in [0.15, 0.2) is 16.5 Å². The Morgan fingerprint density at radius 1 is 1.08 bits per heavy atom. The van der Waals surface area contributed by atoms with Gasteiger partial charge in [-0.2, -0.15) is 0 Å². The lowest BCUT2D eigenvalue weighted by molar-refractivity contribution is -0.117. The lowest BCUT2D eigenvalue weighted by Gasteiger charge is -2.31. The van der Waals surface area contributed by atoms with Gasteiger partial charge in [0, 0.05) is 12.8 Å². The van der Waals surface area contributed by atoms with E-state index in [9.17, 15) is 9.90 Å². The first-order chi connectivity index (χ1) is 11.7. The first-order valence-corrected chi connectivity index (χ1v) is 9.81. The van der Waals surface area contributed by atoms with E-state index in [1.54, 1.807) is 0 Å². The van der Waals surface area contributed by atoms with Gasteiger partial charge >= 0.3 is 0 Å². The van der Waals surface area contributed by atoms with Gasteiger partial charge in [-0.1, -0.05) is 63.4 Å². The number of Topliss-reactive ketones (excluding diaryl/α,β-unsaturated/α-hetero) is 1. The molecule has 1 saturated carbocycles. The summed E-state index contributed by atoms with van der Waals surface area (Å²) in [6.45, 7) is 4.39. The van der Waals surface area contributed by atoms with Crippen molar-refractivity contribution in [2.75, 3.05) is 6.61 Å². The molecule has 2 aliphatic carbocycles. The normalized spacial score (nSPS) is 24.7. The van der Waals surface area contributed by atoms with Crippen LogP contribution >= 0.6 is 0 Å². The Bertz CT molecular complexity index is 473. The molecule has 1 unspecified atom stereocenters. The van der Waals surface area contributed by atoms with Gasteiger partial charge in [-0.15, -0.1) is 0 Å². The lowest BCUT2D eigenvalue weighted by atomic mass is 9.73. The van der Waals surface area contributed by atoms with Gasteiger partial charge in [0.25, 0.3) is 0 Å². The fourth-order valence-electron chi connectivity index (χ4n) is 4.14. The fraction of sp³-hybridized carbons (Fsp3) is 0.800. The van der Waals surface area contributed by atoms with Gasteiger partial charge in [-0.3, -0.25) is 4.79 Å². The summed E-state index contributed by atoms with van der Waals surface area (Å²) in [5.41, 5.74) is 1.06. The highest BCUT2D eigenvalue weighted by Crippen LogP contribution is 2.38. The van der Waals surface area contributed by atoms with Gasteiger partial charge in [0.05, 0.1) is 11.3 Å². The van der Waals surface area contributed by atoms with Crippen molar-refractivity contribution in [3.05, 3.63) is 11.3 Å². The predicted molar refractivity (Wildman–Crippen MR) is 97.2 cm³/mol. The minimum atomic E-state index is 0.0534. The van der Waals surface area contributed by atoms with Crippen molar-refractivity contribution in [2.24, 2.45) is 17.0 Å². The molecule has 0 saturated heterocycles. The number of carbonyl (C=O) groups excluding carboxylic acids is 1. The molecule has 1 atom stereocenters. The quantitative estimate of drug-likeness (QED) is 0.527. The largest absolute Gasteiger partial charge is 0.511 e. The Morgan fingerprint density at radius 2 is 1.75 bits per heavy atom. The average Bonchev–Trinajstić information content (AvgIpc) is 2.51. The van der Waals surface area contributed by atoms with Crippen LogP contribution in [-0.2, 0) is 9.63 Å². The molecule has 24 heavy (non-hydrogen) atoms. The molecular formula is C20H33NO3. The molecule has 0 aromatic carbocycles. The van der Waals surface area contributed by atoms with Crippen molar-refractivity contribution in [1.82, 2.24) is 0 Å². The van der Waals surface area contributed by atoms with Gasteiger partial charge in [-0.05, 0) is 25.2 Å². The maximum absolute atomic E-state index is 12.7. The van der Waals surface area contributed by atoms with Gasteiger partial charge in [-0.25, -0.2) is 0 Å². The summed E-state index contributed by atoms with van der Waals surface area (Å²) in [4.78, 5) is 17.9. The van der Waals surface area contributed by atoms with Gasteiger partial charge in [0.2, 0.25) is 0 Å². The Labute approximate surface area is 146 Å². The number of nitrogens with zero attached hydrogens (tertiary/aromatic N) is 1. The monoisotopic (exact) mass is 335 g/mol. The summed E-state index contributed by atoms with van der Waals surface area (Å²) in [6, 6.07) is 0. The third-order valence-electron chi connectivity index (χ3n) is 5.37. The fourth-order valence-corrected chi connectivity index (χ4v) is 4.14. The van der Waals surface area contributed by atoms with Crippen LogP contribution < -0.4 is 0 Å². The first-order valence-electron chi connectivity index (χ1n) is 9.81. The second-order valence-corrected chi connectivity index (χ2v) is 7.22. The molecule has 0 radical (unpaired) electrons. The number of carbonyl (C=O) groups is 1. The van der Waals surface area contributed by atoms with E-state index in [4.69, 9.17) is 4.84 Å². The highest BCUT2D eigenvalue weighted by atomic mass is 16.6. The molecular weight excluding hydrogens is 302 g/mol. The van der Waals surface area contributed by atoms with Crippen LogP contribution in [0.1, 0.15) is 84.5 Å². The number of ketones is 1. The van der Waals surface area contributed by atoms with E-state index in [0.29, 0.717) is 49.0 Å². The Kier molecular flexibility index (Phi) is 7.80. The second kappa shape index (κ2) is 9.85. The molecule has 2 aliphatic rings. The second-order valence-electron chi connectivity index (χ2n) is 7.22. The molecule has 4 nitrogen and oxygen atoms in total. The third-order valence-corrected chi connectivity index (χ3v) is 5.37. The van der Waals surface area contributed by atoms with Crippen LogP contribution in [0, 0.1) is 11.8 Å². The van der Waals surface area contributed by atoms with Crippen LogP contribution in [0.3, 0.4) is 0 Å². The van der Waals surface area contributed by atoms with Crippen molar-refractivity contribution in [3.8, 4) is 0 Å². The maximum Gasteiger partial charge on any atom is 0.168 e. The number of rotatable bonds is 6. The van der Waals surface area contributed by atoms with E-state index in [1.807, 2.05) is 13.8 Å². The molecule has 1 N–H and O–H groups in total. The van der Waals surface area contributed by atoms with Crippen LogP contribution in [0.25, 0.3) is 0 Å². The number of oxime groups is 1. The average molecular weight is 335 g/mol. The van der Waals surface area contributed by atoms with Crippen molar-refractivity contribution in [3.63, 3.8) is 0 Å². The highest BCUT2D eigenvalue weighted by Gasteiger charge is 2.34. The molecule has 0 aromatic heterocycles. The standard InChI is InChI=1S/C20H33NO3/c1-3-10-17(21-24-4-2)20-18(22)13-16(14-19(20)23)15-11-8-6-5-7-9-12-15/h15-16,22H,3-14H2,1-2H3/b21-17+. The van der Waals surface area contributed by atoms with Crippen molar-refractivity contribution in [1.29, 1.82) is 0 Å². The molecule has 4 heteroatoms. The highest BCUT2D eigenvalue weighted by molar-refractivity contribution is 6.23. The zero-order chi connectivity index (χ0) is 17.4. The zero-order valence-corrected chi connectivity index (χ0v) is 15.4. The predicted octanol–water partition coefficient (Wildman–Crippen LogP) is 5.33. The van der Waals surface area contributed by atoms with Crippen LogP contribution in [0.5, 0.6) is 0 Å². The Morgan fingerprint density at radius 3 is 2.33 bits per heavy atom. The number of allylic oxidation sites excluding steroid dienone is 2. The number of hydrogen-bond acceptors (Lipinski definition) is 4. The van der Waals surface area contributed by atoms with E-state index in [-0.39, 0.29) is 11.5 Å². The summed E-state index contributed by atoms with van der Waals surface area (Å²) in [6.07, 6.45) is 11.6. The van der Waals surface area contributed by atoms with E-state index in [2.05, 4.69) is 5.16 Å². The van der Waals surface area contributed by atoms with Crippen molar-refractivity contribution < 1.29 is 14.7 Å². The maximum atomic E-state index is 12.7. The third kappa shape index (κ3) is 5.09. The van der Waals surface area contributed by atoms with E-state index >= 15 is 0 Å². The summed E-state index contributed by atoms with van der Waals surface area (Å²) >= 11 is 0. The molecule has 2 rings (SSSR count). The summed E-state index contributed by atoms with van der Waals surface area (Å²) < 4.78 is 0. The summed E-state index contributed by atoms with van der Waals surface area (Å²) in [5.74, 6) is 1.17. The smallest absolute Gasteiger partial charge is 0.168 e. The molecule has 0 spiro atoms. The van der Waals surface area contributed by atoms with Crippen LogP contribution in [-0.4, -0.2) is 23.2 Å². The number of aliphatic hydroxyl groups is 1. The summed E-state index contributed by atoms with van der Waals surface area (Å²) in [7, 11) is 0. The topological polar surface area (TPSA) is 58.9 Å². The van der Waals surface area contributed by atoms with E-state index in [1.165, 1.54) is 44.9 Å².